The van der Waals surface area contributed by atoms with Crippen LogP contribution in [0.2, 0.25) is 0 Å². The number of halogens is 1. The van der Waals surface area contributed by atoms with Crippen molar-refractivity contribution in [1.29, 1.82) is 0 Å². The van der Waals surface area contributed by atoms with Crippen molar-refractivity contribution in [2.24, 2.45) is 0 Å². The zero-order chi connectivity index (χ0) is 14.0. The molecule has 0 saturated heterocycles. The molecule has 102 valence electrons. The standard InChI is InChI=1S/C14H18BrN3O/c1-3-6-12-13(16)14(19)18(17(12)4-2)11-8-5-7-10(15)9-11/h5,7-9H,3-4,6,16H2,1-2H3. The van der Waals surface area contributed by atoms with Crippen molar-refractivity contribution in [3.63, 3.8) is 0 Å². The number of hydrogen-bond donors (Lipinski definition) is 1. The lowest BCUT2D eigenvalue weighted by Gasteiger charge is -2.12. The molecule has 0 radical (unpaired) electrons. The summed E-state index contributed by atoms with van der Waals surface area (Å²) in [7, 11) is 0. The summed E-state index contributed by atoms with van der Waals surface area (Å²) in [5.74, 6) is 0. The molecule has 0 aliphatic carbocycles. The van der Waals surface area contributed by atoms with E-state index in [1.54, 1.807) is 4.68 Å². The highest BCUT2D eigenvalue weighted by molar-refractivity contribution is 9.10. The molecule has 0 fully saturated rings. The lowest BCUT2D eigenvalue weighted by atomic mass is 10.2. The summed E-state index contributed by atoms with van der Waals surface area (Å²) in [6.45, 7) is 4.82. The predicted molar refractivity (Wildman–Crippen MR) is 81.8 cm³/mol. The van der Waals surface area contributed by atoms with E-state index in [2.05, 4.69) is 22.9 Å². The third kappa shape index (κ3) is 2.47. The molecule has 4 nitrogen and oxygen atoms in total. The maximum Gasteiger partial charge on any atom is 0.294 e. The van der Waals surface area contributed by atoms with Gasteiger partial charge in [0.15, 0.2) is 0 Å². The number of rotatable bonds is 4. The van der Waals surface area contributed by atoms with Gasteiger partial charge in [0.05, 0.1) is 11.4 Å². The van der Waals surface area contributed by atoms with Gasteiger partial charge in [-0.25, -0.2) is 4.68 Å². The Bertz CT molecular complexity index is 643. The number of nitrogens with two attached hydrogens (primary N) is 1. The van der Waals surface area contributed by atoms with Crippen LogP contribution in [0, 0.1) is 0 Å². The summed E-state index contributed by atoms with van der Waals surface area (Å²) >= 11 is 3.43. The summed E-state index contributed by atoms with van der Waals surface area (Å²) in [4.78, 5) is 12.4. The molecule has 0 spiro atoms. The lowest BCUT2D eigenvalue weighted by molar-refractivity contribution is 0.545. The zero-order valence-electron chi connectivity index (χ0n) is 11.2. The molecular formula is C14H18BrN3O. The largest absolute Gasteiger partial charge is 0.393 e. The van der Waals surface area contributed by atoms with Crippen LogP contribution in [-0.2, 0) is 13.0 Å². The summed E-state index contributed by atoms with van der Waals surface area (Å²) in [5, 5.41) is 0. The molecule has 0 saturated carbocycles. The molecular weight excluding hydrogens is 306 g/mol. The molecule has 2 aromatic rings. The van der Waals surface area contributed by atoms with E-state index < -0.39 is 0 Å². The van der Waals surface area contributed by atoms with Crippen molar-refractivity contribution in [2.45, 2.75) is 33.2 Å². The van der Waals surface area contributed by atoms with E-state index in [4.69, 9.17) is 5.73 Å². The number of aromatic nitrogens is 2. The smallest absolute Gasteiger partial charge is 0.294 e. The van der Waals surface area contributed by atoms with E-state index in [9.17, 15) is 4.79 Å². The van der Waals surface area contributed by atoms with Crippen LogP contribution in [-0.4, -0.2) is 9.36 Å². The third-order valence-electron chi connectivity index (χ3n) is 3.13. The molecule has 0 aliphatic heterocycles. The first-order valence-electron chi connectivity index (χ1n) is 6.46. The minimum Gasteiger partial charge on any atom is -0.393 e. The molecule has 0 aliphatic rings. The summed E-state index contributed by atoms with van der Waals surface area (Å²) in [6.07, 6.45) is 1.78. The van der Waals surface area contributed by atoms with Gasteiger partial charge in [-0.15, -0.1) is 0 Å². The Labute approximate surface area is 120 Å². The number of benzene rings is 1. The van der Waals surface area contributed by atoms with E-state index in [1.807, 2.05) is 35.9 Å². The van der Waals surface area contributed by atoms with Crippen LogP contribution in [0.1, 0.15) is 26.0 Å². The quantitative estimate of drug-likeness (QED) is 0.940. The SMILES string of the molecule is CCCc1c(N)c(=O)n(-c2cccc(Br)c2)n1CC. The highest BCUT2D eigenvalue weighted by Crippen LogP contribution is 2.18. The first-order valence-corrected chi connectivity index (χ1v) is 7.25. The average molecular weight is 324 g/mol. The van der Waals surface area contributed by atoms with Gasteiger partial charge in [-0.05, 0) is 31.5 Å². The van der Waals surface area contributed by atoms with Crippen molar-refractivity contribution in [1.82, 2.24) is 9.36 Å². The summed E-state index contributed by atoms with van der Waals surface area (Å²) in [5.41, 5.74) is 7.96. The van der Waals surface area contributed by atoms with Crippen LogP contribution in [0.25, 0.3) is 5.69 Å². The number of nitrogens with zero attached hydrogens (tertiary/aromatic N) is 2. The Morgan fingerprint density at radius 1 is 1.32 bits per heavy atom. The van der Waals surface area contributed by atoms with Crippen LogP contribution >= 0.6 is 15.9 Å². The second-order valence-electron chi connectivity index (χ2n) is 4.42. The Morgan fingerprint density at radius 2 is 2.05 bits per heavy atom. The van der Waals surface area contributed by atoms with Gasteiger partial charge in [-0.1, -0.05) is 35.3 Å². The van der Waals surface area contributed by atoms with E-state index in [0.717, 1.165) is 28.7 Å². The summed E-state index contributed by atoms with van der Waals surface area (Å²) in [6, 6.07) is 7.68. The Balaban J connectivity index is 2.70. The highest BCUT2D eigenvalue weighted by Gasteiger charge is 2.17. The molecule has 0 bridgehead atoms. The normalized spacial score (nSPS) is 10.9. The lowest BCUT2D eigenvalue weighted by Crippen LogP contribution is -2.22. The van der Waals surface area contributed by atoms with Crippen LogP contribution in [0.5, 0.6) is 0 Å². The zero-order valence-corrected chi connectivity index (χ0v) is 12.8. The maximum atomic E-state index is 12.4. The van der Waals surface area contributed by atoms with Crippen LogP contribution < -0.4 is 11.3 Å². The Morgan fingerprint density at radius 3 is 2.63 bits per heavy atom. The maximum absolute atomic E-state index is 12.4. The van der Waals surface area contributed by atoms with Gasteiger partial charge in [0.2, 0.25) is 0 Å². The van der Waals surface area contributed by atoms with Gasteiger partial charge in [0.25, 0.3) is 5.56 Å². The first-order chi connectivity index (χ1) is 9.10. The van der Waals surface area contributed by atoms with Gasteiger partial charge in [-0.2, -0.15) is 0 Å². The van der Waals surface area contributed by atoms with Crippen LogP contribution in [0.15, 0.2) is 33.5 Å². The Hall–Kier alpha value is -1.49. The monoisotopic (exact) mass is 323 g/mol. The van der Waals surface area contributed by atoms with Crippen molar-refractivity contribution < 1.29 is 0 Å². The summed E-state index contributed by atoms with van der Waals surface area (Å²) < 4.78 is 4.56. The number of anilines is 1. The van der Waals surface area contributed by atoms with Crippen LogP contribution in [0.4, 0.5) is 5.69 Å². The topological polar surface area (TPSA) is 53.0 Å². The van der Waals surface area contributed by atoms with Gasteiger partial charge in [-0.3, -0.25) is 9.48 Å². The molecule has 19 heavy (non-hydrogen) atoms. The fraction of sp³-hybridized carbons (Fsp3) is 0.357. The van der Waals surface area contributed by atoms with Gasteiger partial charge in [0, 0.05) is 11.0 Å². The van der Waals surface area contributed by atoms with E-state index in [1.165, 1.54) is 0 Å². The van der Waals surface area contributed by atoms with E-state index in [0.29, 0.717) is 12.2 Å². The fourth-order valence-electron chi connectivity index (χ4n) is 2.30. The number of hydrogen-bond acceptors (Lipinski definition) is 2. The van der Waals surface area contributed by atoms with E-state index >= 15 is 0 Å². The second kappa shape index (κ2) is 5.65. The molecule has 2 N–H and O–H groups in total. The third-order valence-corrected chi connectivity index (χ3v) is 3.62. The number of nitrogen functional groups attached to an aromatic ring is 1. The first kappa shape index (κ1) is 13.9. The van der Waals surface area contributed by atoms with Crippen molar-refractivity contribution in [3.8, 4) is 5.69 Å². The van der Waals surface area contributed by atoms with Crippen molar-refractivity contribution >= 4 is 21.6 Å². The van der Waals surface area contributed by atoms with Crippen LogP contribution in [0.3, 0.4) is 0 Å². The molecule has 1 heterocycles. The predicted octanol–water partition coefficient (Wildman–Crippen LogP) is 2.96. The highest BCUT2D eigenvalue weighted by atomic mass is 79.9. The molecule has 2 rings (SSSR count). The average Bonchev–Trinajstić information content (AvgIpc) is 2.63. The van der Waals surface area contributed by atoms with Gasteiger partial charge < -0.3 is 5.73 Å². The van der Waals surface area contributed by atoms with Crippen molar-refractivity contribution in [3.05, 3.63) is 44.8 Å². The second-order valence-corrected chi connectivity index (χ2v) is 5.34. The molecule has 0 amide bonds. The van der Waals surface area contributed by atoms with E-state index in [-0.39, 0.29) is 5.56 Å². The minimum atomic E-state index is -0.136. The van der Waals surface area contributed by atoms with Crippen molar-refractivity contribution in [2.75, 3.05) is 5.73 Å². The molecule has 0 atom stereocenters. The van der Waals surface area contributed by atoms with Gasteiger partial charge in [0.1, 0.15) is 5.69 Å². The molecule has 5 heteroatoms. The molecule has 0 unspecified atom stereocenters. The fourth-order valence-corrected chi connectivity index (χ4v) is 2.69. The minimum absolute atomic E-state index is 0.136. The van der Waals surface area contributed by atoms with Gasteiger partial charge >= 0.3 is 0 Å². The molecule has 1 aromatic carbocycles. The Kier molecular flexibility index (Phi) is 4.14. The molecule has 1 aromatic heterocycles.